The van der Waals surface area contributed by atoms with Gasteiger partial charge in [0.2, 0.25) is 11.8 Å². The maximum absolute atomic E-state index is 11.8. The zero-order valence-electron chi connectivity index (χ0n) is 8.99. The van der Waals surface area contributed by atoms with Crippen LogP contribution in [-0.4, -0.2) is 36.9 Å². The van der Waals surface area contributed by atoms with Crippen LogP contribution < -0.4 is 5.32 Å². The minimum Gasteiger partial charge on any atom is -0.355 e. The van der Waals surface area contributed by atoms with Crippen molar-refractivity contribution in [2.75, 3.05) is 20.1 Å². The van der Waals surface area contributed by atoms with Crippen LogP contribution in [0.5, 0.6) is 0 Å². The fourth-order valence-electron chi connectivity index (χ4n) is 1.63. The van der Waals surface area contributed by atoms with Crippen molar-refractivity contribution >= 4 is 11.8 Å². The molecule has 2 atom stereocenters. The van der Waals surface area contributed by atoms with E-state index >= 15 is 0 Å². The summed E-state index contributed by atoms with van der Waals surface area (Å²) in [5, 5.41) is 11.2. The van der Waals surface area contributed by atoms with Crippen molar-refractivity contribution in [3.05, 3.63) is 0 Å². The predicted molar refractivity (Wildman–Crippen MR) is 53.5 cm³/mol. The van der Waals surface area contributed by atoms with Gasteiger partial charge >= 0.3 is 0 Å². The van der Waals surface area contributed by atoms with Crippen molar-refractivity contribution in [1.82, 2.24) is 10.2 Å². The molecule has 0 radical (unpaired) electrons. The van der Waals surface area contributed by atoms with E-state index in [1.165, 1.54) is 4.90 Å². The Balaban J connectivity index is 2.46. The first-order valence-corrected chi connectivity index (χ1v) is 4.96. The average Bonchev–Trinajstić information content (AvgIpc) is 2.63. The van der Waals surface area contributed by atoms with Crippen LogP contribution in [0, 0.1) is 23.2 Å². The molecule has 1 aliphatic rings. The van der Waals surface area contributed by atoms with E-state index in [1.807, 2.05) is 0 Å². The largest absolute Gasteiger partial charge is 0.355 e. The molecule has 15 heavy (non-hydrogen) atoms. The van der Waals surface area contributed by atoms with E-state index in [9.17, 15) is 9.59 Å². The molecule has 1 heterocycles. The van der Waals surface area contributed by atoms with Crippen LogP contribution in [0.2, 0.25) is 0 Å². The van der Waals surface area contributed by atoms with Gasteiger partial charge in [-0.15, -0.1) is 0 Å². The van der Waals surface area contributed by atoms with Gasteiger partial charge in [0.1, 0.15) is 0 Å². The molecule has 2 amide bonds. The number of hydrogen-bond acceptors (Lipinski definition) is 3. The van der Waals surface area contributed by atoms with Gasteiger partial charge in [-0.25, -0.2) is 0 Å². The highest BCUT2D eigenvalue weighted by Crippen LogP contribution is 2.12. The van der Waals surface area contributed by atoms with Crippen molar-refractivity contribution in [2.45, 2.75) is 13.3 Å². The molecule has 0 aliphatic carbocycles. The highest BCUT2D eigenvalue weighted by atomic mass is 16.2. The molecule has 0 aromatic heterocycles. The minimum atomic E-state index is -0.256. The van der Waals surface area contributed by atoms with Crippen LogP contribution in [0.4, 0.5) is 0 Å². The Morgan fingerprint density at radius 2 is 2.47 bits per heavy atom. The molecule has 5 nitrogen and oxygen atoms in total. The van der Waals surface area contributed by atoms with Crippen molar-refractivity contribution in [1.29, 1.82) is 5.26 Å². The van der Waals surface area contributed by atoms with Crippen LogP contribution in [0.3, 0.4) is 0 Å². The standard InChI is InChI=1S/C10H15N3O2/c1-7(4-11)6-13(2)10(15)8-3-9(14)12-5-8/h7-8H,3,5-6H2,1-2H3,(H,12,14). The number of nitriles is 1. The molecule has 1 aliphatic heterocycles. The Bertz CT molecular complexity index is 308. The Hall–Kier alpha value is -1.57. The van der Waals surface area contributed by atoms with Crippen LogP contribution in [0.1, 0.15) is 13.3 Å². The van der Waals surface area contributed by atoms with E-state index in [0.29, 0.717) is 13.1 Å². The number of amides is 2. The number of nitrogens with one attached hydrogen (secondary N) is 1. The van der Waals surface area contributed by atoms with E-state index in [1.54, 1.807) is 14.0 Å². The van der Waals surface area contributed by atoms with Gasteiger partial charge in [0.25, 0.3) is 0 Å². The smallest absolute Gasteiger partial charge is 0.227 e. The summed E-state index contributed by atoms with van der Waals surface area (Å²) < 4.78 is 0. The Morgan fingerprint density at radius 3 is 2.93 bits per heavy atom. The summed E-state index contributed by atoms with van der Waals surface area (Å²) in [4.78, 5) is 24.2. The number of rotatable bonds is 3. The summed E-state index contributed by atoms with van der Waals surface area (Å²) in [6.07, 6.45) is 0.268. The third-order valence-electron chi connectivity index (χ3n) is 2.47. The van der Waals surface area contributed by atoms with Crippen molar-refractivity contribution in [2.24, 2.45) is 11.8 Å². The van der Waals surface area contributed by atoms with Gasteiger partial charge in [0.15, 0.2) is 0 Å². The van der Waals surface area contributed by atoms with Gasteiger partial charge in [-0.2, -0.15) is 5.26 Å². The molecule has 0 saturated carbocycles. The third-order valence-corrected chi connectivity index (χ3v) is 2.47. The predicted octanol–water partition coefficient (Wildman–Crippen LogP) is -0.259. The van der Waals surface area contributed by atoms with Gasteiger partial charge in [-0.1, -0.05) is 0 Å². The summed E-state index contributed by atoms with van der Waals surface area (Å²) in [7, 11) is 1.67. The van der Waals surface area contributed by atoms with Gasteiger partial charge in [0, 0.05) is 26.6 Å². The molecule has 1 saturated heterocycles. The summed E-state index contributed by atoms with van der Waals surface area (Å²) in [5.74, 6) is -0.567. The van der Waals surface area contributed by atoms with E-state index in [-0.39, 0.29) is 30.1 Å². The summed E-state index contributed by atoms with van der Waals surface area (Å²) in [5.41, 5.74) is 0. The lowest BCUT2D eigenvalue weighted by Crippen LogP contribution is -2.36. The fraction of sp³-hybridized carbons (Fsp3) is 0.700. The number of carbonyl (C=O) groups is 2. The van der Waals surface area contributed by atoms with Crippen molar-refractivity contribution in [3.63, 3.8) is 0 Å². The van der Waals surface area contributed by atoms with E-state index in [4.69, 9.17) is 5.26 Å². The molecule has 2 unspecified atom stereocenters. The first-order valence-electron chi connectivity index (χ1n) is 4.96. The number of carbonyl (C=O) groups excluding carboxylic acids is 2. The van der Waals surface area contributed by atoms with Crippen molar-refractivity contribution in [3.8, 4) is 6.07 Å². The topological polar surface area (TPSA) is 73.2 Å². The van der Waals surface area contributed by atoms with E-state index in [2.05, 4.69) is 11.4 Å². The molecule has 0 aromatic rings. The zero-order valence-corrected chi connectivity index (χ0v) is 8.99. The van der Waals surface area contributed by atoms with Crippen molar-refractivity contribution < 1.29 is 9.59 Å². The molecule has 0 spiro atoms. The van der Waals surface area contributed by atoms with Gasteiger partial charge in [-0.3, -0.25) is 9.59 Å². The summed E-state index contributed by atoms with van der Waals surface area (Å²) >= 11 is 0. The SMILES string of the molecule is CC(C#N)CN(C)C(=O)C1CNC(=O)C1. The number of nitrogens with zero attached hydrogens (tertiary/aromatic N) is 2. The molecule has 1 fully saturated rings. The lowest BCUT2D eigenvalue weighted by atomic mass is 10.1. The van der Waals surface area contributed by atoms with E-state index < -0.39 is 0 Å². The first kappa shape index (κ1) is 11.5. The molecule has 1 N–H and O–H groups in total. The maximum Gasteiger partial charge on any atom is 0.227 e. The van der Waals surface area contributed by atoms with Gasteiger partial charge in [0.05, 0.1) is 17.9 Å². The Morgan fingerprint density at radius 1 is 1.80 bits per heavy atom. The summed E-state index contributed by atoms with van der Waals surface area (Å²) in [6.45, 7) is 2.60. The highest BCUT2D eigenvalue weighted by Gasteiger charge is 2.30. The second-order valence-electron chi connectivity index (χ2n) is 3.95. The molecule has 0 bridgehead atoms. The monoisotopic (exact) mass is 209 g/mol. The van der Waals surface area contributed by atoms with Gasteiger partial charge < -0.3 is 10.2 Å². The van der Waals surface area contributed by atoms with Crippen LogP contribution >= 0.6 is 0 Å². The minimum absolute atomic E-state index is 0.0598. The summed E-state index contributed by atoms with van der Waals surface area (Å²) in [6, 6.07) is 2.07. The maximum atomic E-state index is 11.8. The normalized spacial score (nSPS) is 21.7. The van der Waals surface area contributed by atoms with Gasteiger partial charge in [-0.05, 0) is 6.92 Å². The lowest BCUT2D eigenvalue weighted by molar-refractivity contribution is -0.134. The van der Waals surface area contributed by atoms with Crippen LogP contribution in [0.25, 0.3) is 0 Å². The molecular weight excluding hydrogens is 194 g/mol. The van der Waals surface area contributed by atoms with Crippen LogP contribution in [-0.2, 0) is 9.59 Å². The molecule has 0 aromatic carbocycles. The molecule has 82 valence electrons. The van der Waals surface area contributed by atoms with E-state index in [0.717, 1.165) is 0 Å². The lowest BCUT2D eigenvalue weighted by Gasteiger charge is -2.20. The fourth-order valence-corrected chi connectivity index (χ4v) is 1.63. The third kappa shape index (κ3) is 2.94. The Kier molecular flexibility index (Phi) is 3.67. The quantitative estimate of drug-likeness (QED) is 0.696. The second-order valence-corrected chi connectivity index (χ2v) is 3.95. The number of hydrogen-bond donors (Lipinski definition) is 1. The zero-order chi connectivity index (χ0) is 11.4. The Labute approximate surface area is 89.0 Å². The average molecular weight is 209 g/mol. The highest BCUT2D eigenvalue weighted by molar-refractivity contribution is 5.89. The first-order chi connectivity index (χ1) is 7.04. The van der Waals surface area contributed by atoms with Crippen LogP contribution in [0.15, 0.2) is 0 Å². The second kappa shape index (κ2) is 4.78. The molecule has 1 rings (SSSR count). The molecular formula is C10H15N3O2. The molecule has 5 heteroatoms.